The monoisotopic (exact) mass is 236 g/mol. The van der Waals surface area contributed by atoms with Crippen molar-refractivity contribution in [1.82, 2.24) is 0 Å². The van der Waals surface area contributed by atoms with Gasteiger partial charge in [0.1, 0.15) is 0 Å². The highest BCUT2D eigenvalue weighted by Crippen LogP contribution is 2.54. The van der Waals surface area contributed by atoms with Crippen molar-refractivity contribution in [3.8, 4) is 0 Å². The van der Waals surface area contributed by atoms with Gasteiger partial charge in [-0.25, -0.2) is 0 Å². The lowest BCUT2D eigenvalue weighted by molar-refractivity contribution is 0.391. The Hall–Kier alpha value is -0.260. The van der Waals surface area contributed by atoms with E-state index in [1.165, 1.54) is 32.1 Å². The molecular weight excluding hydrogens is 204 g/mol. The molecule has 0 aromatic carbocycles. The Bertz CT molecular complexity index is 261. The van der Waals surface area contributed by atoms with Crippen LogP contribution in [0.5, 0.6) is 0 Å². The Morgan fingerprint density at radius 2 is 1.82 bits per heavy atom. The molecule has 0 bridgehead atoms. The second-order valence-corrected chi connectivity index (χ2v) is 6.94. The fourth-order valence-corrected chi connectivity index (χ4v) is 2.58. The zero-order chi connectivity index (χ0) is 13.1. The van der Waals surface area contributed by atoms with Crippen LogP contribution in [0.1, 0.15) is 73.6 Å². The van der Waals surface area contributed by atoms with Crippen LogP contribution in [0.25, 0.3) is 0 Å². The van der Waals surface area contributed by atoms with Crippen molar-refractivity contribution in [2.24, 2.45) is 23.2 Å². The number of allylic oxidation sites excluding steroid dienone is 2. The molecule has 3 atom stereocenters. The normalized spacial score (nSPS) is 29.7. The minimum atomic E-state index is 0.575. The van der Waals surface area contributed by atoms with Crippen molar-refractivity contribution in [2.75, 3.05) is 0 Å². The Morgan fingerprint density at radius 3 is 2.29 bits per heavy atom. The molecule has 0 nitrogen and oxygen atoms in total. The minimum Gasteiger partial charge on any atom is -0.0816 e. The summed E-state index contributed by atoms with van der Waals surface area (Å²) < 4.78 is 0. The van der Waals surface area contributed by atoms with E-state index in [-0.39, 0.29) is 0 Å². The van der Waals surface area contributed by atoms with Gasteiger partial charge in [0.15, 0.2) is 0 Å². The van der Waals surface area contributed by atoms with Gasteiger partial charge >= 0.3 is 0 Å². The van der Waals surface area contributed by atoms with Gasteiger partial charge in [-0.05, 0) is 36.0 Å². The number of hydrogen-bond donors (Lipinski definition) is 0. The summed E-state index contributed by atoms with van der Waals surface area (Å²) in [4.78, 5) is 0. The van der Waals surface area contributed by atoms with E-state index in [1.54, 1.807) is 5.57 Å². The molecule has 1 fully saturated rings. The largest absolute Gasteiger partial charge is 0.0816 e. The molecule has 17 heavy (non-hydrogen) atoms. The minimum absolute atomic E-state index is 0.575. The van der Waals surface area contributed by atoms with Crippen molar-refractivity contribution in [3.05, 3.63) is 11.6 Å². The summed E-state index contributed by atoms with van der Waals surface area (Å²) in [7, 11) is 0. The molecule has 0 heteroatoms. The Morgan fingerprint density at radius 1 is 1.18 bits per heavy atom. The average molecular weight is 236 g/mol. The van der Waals surface area contributed by atoms with Gasteiger partial charge in [0.2, 0.25) is 0 Å². The third-order valence-electron chi connectivity index (χ3n) is 4.81. The van der Waals surface area contributed by atoms with E-state index in [0.717, 1.165) is 17.8 Å². The first-order valence-electron chi connectivity index (χ1n) is 7.60. The smallest absolute Gasteiger partial charge is 0.00813 e. The van der Waals surface area contributed by atoms with Crippen molar-refractivity contribution >= 4 is 0 Å². The highest BCUT2D eigenvalue weighted by atomic mass is 14.5. The topological polar surface area (TPSA) is 0 Å². The Labute approximate surface area is 109 Å². The van der Waals surface area contributed by atoms with E-state index < -0.39 is 0 Å². The maximum atomic E-state index is 2.57. The standard InChI is InChI=1S/C17H32/c1-7-17(6)12-16(17)11-15(5)14(4)10-8-9-13(2)3/h11,13-15H,7-10,12H2,1-6H3. The van der Waals surface area contributed by atoms with Crippen molar-refractivity contribution in [2.45, 2.75) is 73.6 Å². The Balaban J connectivity index is 2.31. The quantitative estimate of drug-likeness (QED) is 0.488. The Kier molecular flexibility index (Phi) is 5.28. The second kappa shape index (κ2) is 6.07. The fourth-order valence-electron chi connectivity index (χ4n) is 2.58. The van der Waals surface area contributed by atoms with Crippen molar-refractivity contribution in [1.29, 1.82) is 0 Å². The molecule has 1 aliphatic carbocycles. The summed E-state index contributed by atoms with van der Waals surface area (Å²) >= 11 is 0. The molecule has 0 radical (unpaired) electrons. The molecule has 0 aromatic rings. The summed E-state index contributed by atoms with van der Waals surface area (Å²) in [5.74, 6) is 2.48. The third-order valence-corrected chi connectivity index (χ3v) is 4.81. The molecule has 1 rings (SSSR count). The van der Waals surface area contributed by atoms with E-state index in [4.69, 9.17) is 0 Å². The van der Waals surface area contributed by atoms with Crippen LogP contribution in [0.3, 0.4) is 0 Å². The maximum absolute atomic E-state index is 2.57. The lowest BCUT2D eigenvalue weighted by atomic mass is 9.89. The van der Waals surface area contributed by atoms with Crippen LogP contribution in [0.15, 0.2) is 11.6 Å². The van der Waals surface area contributed by atoms with Crippen LogP contribution in [0.4, 0.5) is 0 Å². The first-order chi connectivity index (χ1) is 7.89. The van der Waals surface area contributed by atoms with Crippen molar-refractivity contribution < 1.29 is 0 Å². The van der Waals surface area contributed by atoms with Crippen LogP contribution < -0.4 is 0 Å². The van der Waals surface area contributed by atoms with Gasteiger partial charge < -0.3 is 0 Å². The van der Waals surface area contributed by atoms with Crippen molar-refractivity contribution in [3.63, 3.8) is 0 Å². The van der Waals surface area contributed by atoms with Crippen LogP contribution in [0.2, 0.25) is 0 Å². The molecule has 0 saturated heterocycles. The van der Waals surface area contributed by atoms with E-state index in [9.17, 15) is 0 Å². The zero-order valence-electron chi connectivity index (χ0n) is 12.8. The van der Waals surface area contributed by atoms with Crippen LogP contribution in [-0.4, -0.2) is 0 Å². The highest BCUT2D eigenvalue weighted by molar-refractivity contribution is 5.31. The first kappa shape index (κ1) is 14.8. The molecule has 0 N–H and O–H groups in total. The molecule has 0 heterocycles. The SMILES string of the molecule is CCC1(C)CC1=CC(C)C(C)CCCC(C)C. The van der Waals surface area contributed by atoms with Crippen LogP contribution >= 0.6 is 0 Å². The summed E-state index contributed by atoms with van der Waals surface area (Å²) in [6, 6.07) is 0. The van der Waals surface area contributed by atoms with E-state index in [2.05, 4.69) is 47.6 Å². The molecule has 100 valence electrons. The molecule has 1 aliphatic rings. The van der Waals surface area contributed by atoms with Gasteiger partial charge in [-0.15, -0.1) is 0 Å². The highest BCUT2D eigenvalue weighted by Gasteiger charge is 2.42. The van der Waals surface area contributed by atoms with E-state index in [1.807, 2.05) is 0 Å². The molecule has 0 spiro atoms. The molecule has 0 amide bonds. The predicted octanol–water partition coefficient (Wildman–Crippen LogP) is 5.83. The van der Waals surface area contributed by atoms with Crippen LogP contribution in [-0.2, 0) is 0 Å². The summed E-state index contributed by atoms with van der Waals surface area (Å²) in [5, 5.41) is 0. The number of rotatable bonds is 7. The fraction of sp³-hybridized carbons (Fsp3) is 0.882. The number of hydrogen-bond acceptors (Lipinski definition) is 0. The van der Waals surface area contributed by atoms with Gasteiger partial charge in [-0.2, -0.15) is 0 Å². The van der Waals surface area contributed by atoms with E-state index >= 15 is 0 Å². The molecule has 0 aromatic heterocycles. The molecule has 3 unspecified atom stereocenters. The lowest BCUT2D eigenvalue weighted by Gasteiger charge is -2.17. The second-order valence-electron chi connectivity index (χ2n) is 6.94. The summed E-state index contributed by atoms with van der Waals surface area (Å²) in [6.07, 6.45) is 9.42. The lowest BCUT2D eigenvalue weighted by Crippen LogP contribution is -2.06. The zero-order valence-corrected chi connectivity index (χ0v) is 12.8. The van der Waals surface area contributed by atoms with Crippen LogP contribution in [0, 0.1) is 23.2 Å². The predicted molar refractivity (Wildman–Crippen MR) is 78.1 cm³/mol. The van der Waals surface area contributed by atoms with Gasteiger partial charge in [-0.3, -0.25) is 0 Å². The molecule has 0 aliphatic heterocycles. The first-order valence-corrected chi connectivity index (χ1v) is 7.60. The third kappa shape index (κ3) is 4.48. The maximum Gasteiger partial charge on any atom is -0.00813 e. The summed E-state index contributed by atoms with van der Waals surface area (Å²) in [6.45, 7) is 14.2. The van der Waals surface area contributed by atoms with Gasteiger partial charge in [-0.1, -0.05) is 72.5 Å². The summed E-state index contributed by atoms with van der Waals surface area (Å²) in [5.41, 5.74) is 2.30. The molecule has 1 saturated carbocycles. The molecular formula is C17H32. The van der Waals surface area contributed by atoms with Gasteiger partial charge in [0.25, 0.3) is 0 Å². The van der Waals surface area contributed by atoms with E-state index in [0.29, 0.717) is 5.41 Å². The van der Waals surface area contributed by atoms with Gasteiger partial charge in [0.05, 0.1) is 0 Å². The average Bonchev–Trinajstić information content (AvgIpc) is 2.89. The van der Waals surface area contributed by atoms with Gasteiger partial charge in [0, 0.05) is 0 Å².